The molecule has 1 aromatic carbocycles. The van der Waals surface area contributed by atoms with E-state index >= 15 is 0 Å². The van der Waals surface area contributed by atoms with E-state index in [1.54, 1.807) is 0 Å². The number of hydrogen-bond acceptors (Lipinski definition) is 2. The van der Waals surface area contributed by atoms with Gasteiger partial charge in [0.05, 0.1) is 6.10 Å². The van der Waals surface area contributed by atoms with Crippen LogP contribution in [0.2, 0.25) is 0 Å². The summed E-state index contributed by atoms with van der Waals surface area (Å²) in [6.45, 7) is 1.64. The van der Waals surface area contributed by atoms with Crippen molar-refractivity contribution in [3.05, 3.63) is 35.4 Å². The highest BCUT2D eigenvalue weighted by Gasteiger charge is 2.23. The molecule has 2 nitrogen and oxygen atoms in total. The van der Waals surface area contributed by atoms with Crippen molar-refractivity contribution < 1.29 is 13.9 Å². The second-order valence-electron chi connectivity index (χ2n) is 4.25. The molecule has 88 valence electrons. The van der Waals surface area contributed by atoms with Gasteiger partial charge in [-0.3, -0.25) is 0 Å². The van der Waals surface area contributed by atoms with Crippen molar-refractivity contribution >= 4 is 0 Å². The maximum absolute atomic E-state index is 13.0. The number of piperidine rings is 1. The minimum atomic E-state index is -0.794. The topological polar surface area (TPSA) is 32.3 Å². The quantitative estimate of drug-likeness (QED) is 0.810. The van der Waals surface area contributed by atoms with Gasteiger partial charge < -0.3 is 10.4 Å². The second-order valence-corrected chi connectivity index (χ2v) is 4.25. The lowest BCUT2D eigenvalue weighted by Gasteiger charge is -2.27. The van der Waals surface area contributed by atoms with Gasteiger partial charge in [0.1, 0.15) is 11.6 Å². The third-order valence-corrected chi connectivity index (χ3v) is 3.01. The van der Waals surface area contributed by atoms with Crippen molar-refractivity contribution in [1.29, 1.82) is 0 Å². The minimum absolute atomic E-state index is 0.0370. The first-order chi connectivity index (χ1) is 7.66. The lowest BCUT2D eigenvalue weighted by Crippen LogP contribution is -2.33. The fourth-order valence-corrected chi connectivity index (χ4v) is 2.17. The fourth-order valence-electron chi connectivity index (χ4n) is 2.17. The van der Waals surface area contributed by atoms with E-state index in [0.29, 0.717) is 12.1 Å². The highest BCUT2D eigenvalue weighted by Crippen LogP contribution is 2.27. The van der Waals surface area contributed by atoms with Crippen molar-refractivity contribution in [2.24, 2.45) is 5.92 Å². The van der Waals surface area contributed by atoms with Crippen molar-refractivity contribution in [1.82, 2.24) is 5.32 Å². The highest BCUT2D eigenvalue weighted by molar-refractivity contribution is 5.21. The molecular weight excluding hydrogens is 212 g/mol. The summed E-state index contributed by atoms with van der Waals surface area (Å²) in [6.07, 6.45) is 1.07. The zero-order valence-electron chi connectivity index (χ0n) is 8.92. The van der Waals surface area contributed by atoms with E-state index in [1.807, 2.05) is 0 Å². The van der Waals surface area contributed by atoms with Crippen LogP contribution in [0.1, 0.15) is 24.5 Å². The summed E-state index contributed by atoms with van der Waals surface area (Å²) in [5.74, 6) is -1.24. The molecule has 0 amide bonds. The number of aliphatic hydroxyl groups excluding tert-OH is 1. The molecule has 1 aromatic rings. The average Bonchev–Trinajstić information content (AvgIpc) is 2.28. The van der Waals surface area contributed by atoms with Crippen LogP contribution < -0.4 is 5.32 Å². The number of nitrogens with one attached hydrogen (secondary N) is 1. The molecule has 2 atom stereocenters. The third-order valence-electron chi connectivity index (χ3n) is 3.01. The van der Waals surface area contributed by atoms with Crippen LogP contribution in [0.5, 0.6) is 0 Å². The lowest BCUT2D eigenvalue weighted by atomic mass is 9.89. The van der Waals surface area contributed by atoms with E-state index in [0.717, 1.165) is 25.5 Å². The maximum atomic E-state index is 13.0. The van der Waals surface area contributed by atoms with Gasteiger partial charge in [0.2, 0.25) is 0 Å². The molecule has 0 bridgehead atoms. The van der Waals surface area contributed by atoms with Crippen LogP contribution in [0, 0.1) is 17.6 Å². The summed E-state index contributed by atoms with van der Waals surface area (Å²) in [6, 6.07) is 3.21. The molecular formula is C12H15F2NO. The van der Waals surface area contributed by atoms with Gasteiger partial charge in [-0.2, -0.15) is 0 Å². The molecule has 1 heterocycles. The van der Waals surface area contributed by atoms with E-state index in [2.05, 4.69) is 5.32 Å². The maximum Gasteiger partial charge on any atom is 0.126 e. The number of benzene rings is 1. The van der Waals surface area contributed by atoms with Gasteiger partial charge in [-0.05, 0) is 37.1 Å². The number of rotatable bonds is 2. The van der Waals surface area contributed by atoms with E-state index < -0.39 is 17.7 Å². The van der Waals surface area contributed by atoms with Gasteiger partial charge in [-0.1, -0.05) is 0 Å². The average molecular weight is 227 g/mol. The Balaban J connectivity index is 2.15. The van der Waals surface area contributed by atoms with Gasteiger partial charge >= 0.3 is 0 Å². The summed E-state index contributed by atoms with van der Waals surface area (Å²) in [4.78, 5) is 0. The molecule has 0 saturated carbocycles. The van der Waals surface area contributed by atoms with Gasteiger partial charge in [0.15, 0.2) is 0 Å². The van der Waals surface area contributed by atoms with Gasteiger partial charge in [-0.15, -0.1) is 0 Å². The highest BCUT2D eigenvalue weighted by atomic mass is 19.1. The van der Waals surface area contributed by atoms with Crippen LogP contribution in [0.25, 0.3) is 0 Å². The third kappa shape index (κ3) is 2.57. The first-order valence-corrected chi connectivity index (χ1v) is 5.51. The molecule has 2 N–H and O–H groups in total. The van der Waals surface area contributed by atoms with Gasteiger partial charge in [0.25, 0.3) is 0 Å². The summed E-state index contributed by atoms with van der Waals surface area (Å²) >= 11 is 0. The largest absolute Gasteiger partial charge is 0.388 e. The zero-order valence-corrected chi connectivity index (χ0v) is 8.92. The van der Waals surface area contributed by atoms with Crippen molar-refractivity contribution in [3.8, 4) is 0 Å². The lowest BCUT2D eigenvalue weighted by molar-refractivity contribution is 0.0915. The summed E-state index contributed by atoms with van der Waals surface area (Å²) < 4.78 is 26.0. The molecule has 1 fully saturated rings. The Kier molecular flexibility index (Phi) is 3.51. The zero-order chi connectivity index (χ0) is 11.5. The minimum Gasteiger partial charge on any atom is -0.388 e. The molecule has 16 heavy (non-hydrogen) atoms. The monoisotopic (exact) mass is 227 g/mol. The molecule has 1 aliphatic rings. The Morgan fingerprint density at radius 3 is 2.50 bits per heavy atom. The predicted molar refractivity (Wildman–Crippen MR) is 56.9 cm³/mol. The normalized spacial score (nSPS) is 23.1. The molecule has 2 rings (SSSR count). The van der Waals surface area contributed by atoms with Crippen LogP contribution in [0.4, 0.5) is 8.78 Å². The van der Waals surface area contributed by atoms with Crippen LogP contribution in [0.3, 0.4) is 0 Å². The van der Waals surface area contributed by atoms with E-state index in [4.69, 9.17) is 0 Å². The van der Waals surface area contributed by atoms with Gasteiger partial charge in [0, 0.05) is 18.5 Å². The number of halogens is 2. The van der Waals surface area contributed by atoms with E-state index in [-0.39, 0.29) is 5.92 Å². The Hall–Kier alpha value is -1.00. The molecule has 0 radical (unpaired) electrons. The summed E-state index contributed by atoms with van der Waals surface area (Å²) in [5.41, 5.74) is 0.325. The first kappa shape index (κ1) is 11.5. The standard InChI is InChI=1S/C12H15F2NO/c13-10-4-9(5-11(14)6-10)12(16)8-2-1-3-15-7-8/h4-6,8,12,15-16H,1-3,7H2. The van der Waals surface area contributed by atoms with E-state index in [1.165, 1.54) is 12.1 Å². The van der Waals surface area contributed by atoms with Crippen LogP contribution in [-0.4, -0.2) is 18.2 Å². The number of hydrogen-bond donors (Lipinski definition) is 2. The number of aliphatic hydroxyl groups is 1. The van der Waals surface area contributed by atoms with Crippen LogP contribution in [-0.2, 0) is 0 Å². The Bertz CT molecular complexity index is 344. The Morgan fingerprint density at radius 2 is 1.94 bits per heavy atom. The van der Waals surface area contributed by atoms with Gasteiger partial charge in [-0.25, -0.2) is 8.78 Å². The molecule has 2 unspecified atom stereocenters. The SMILES string of the molecule is OC(c1cc(F)cc(F)c1)C1CCCNC1. The molecule has 4 heteroatoms. The molecule has 0 aromatic heterocycles. The van der Waals surface area contributed by atoms with E-state index in [9.17, 15) is 13.9 Å². The molecule has 0 spiro atoms. The van der Waals surface area contributed by atoms with Crippen LogP contribution >= 0.6 is 0 Å². The summed E-state index contributed by atoms with van der Waals surface area (Å²) in [5, 5.41) is 13.2. The predicted octanol–water partition coefficient (Wildman–Crippen LogP) is 2.00. The Labute approximate surface area is 93.3 Å². The summed E-state index contributed by atoms with van der Waals surface area (Å²) in [7, 11) is 0. The Morgan fingerprint density at radius 1 is 1.25 bits per heavy atom. The first-order valence-electron chi connectivity index (χ1n) is 5.51. The van der Waals surface area contributed by atoms with Crippen molar-refractivity contribution in [2.45, 2.75) is 18.9 Å². The smallest absolute Gasteiger partial charge is 0.126 e. The second kappa shape index (κ2) is 4.89. The fraction of sp³-hybridized carbons (Fsp3) is 0.500. The molecule has 1 aliphatic heterocycles. The molecule has 1 saturated heterocycles. The van der Waals surface area contributed by atoms with Crippen LogP contribution in [0.15, 0.2) is 18.2 Å². The molecule has 0 aliphatic carbocycles. The van der Waals surface area contributed by atoms with Crippen molar-refractivity contribution in [2.75, 3.05) is 13.1 Å². The van der Waals surface area contributed by atoms with Crippen molar-refractivity contribution in [3.63, 3.8) is 0 Å².